The van der Waals surface area contributed by atoms with Crippen molar-refractivity contribution in [1.82, 2.24) is 10.6 Å². The summed E-state index contributed by atoms with van der Waals surface area (Å²) in [6.45, 7) is 6.01. The van der Waals surface area contributed by atoms with Gasteiger partial charge in [-0.3, -0.25) is 10.1 Å². The number of rotatable bonds is 2. The first kappa shape index (κ1) is 14.3. The van der Waals surface area contributed by atoms with Crippen LogP contribution in [-0.4, -0.2) is 23.4 Å². The lowest BCUT2D eigenvalue weighted by atomic mass is 9.76. The van der Waals surface area contributed by atoms with Crippen molar-refractivity contribution in [3.8, 4) is 0 Å². The monoisotopic (exact) mass is 260 g/mol. The van der Waals surface area contributed by atoms with Gasteiger partial charge in [0, 0.05) is 6.04 Å². The summed E-state index contributed by atoms with van der Waals surface area (Å²) in [6, 6.07) is -0.270. The third kappa shape index (κ3) is 4.94. The van der Waals surface area contributed by atoms with Crippen molar-refractivity contribution in [3.05, 3.63) is 0 Å². The highest BCUT2D eigenvalue weighted by Gasteiger charge is 2.27. The maximum Gasteiger partial charge on any atom is 0.321 e. The molecular formula is C12H21ClN2O2. The Kier molecular flexibility index (Phi) is 4.80. The zero-order valence-corrected chi connectivity index (χ0v) is 11.4. The quantitative estimate of drug-likeness (QED) is 0.749. The van der Waals surface area contributed by atoms with Gasteiger partial charge in [-0.2, -0.15) is 0 Å². The van der Waals surface area contributed by atoms with E-state index in [9.17, 15) is 9.59 Å². The summed E-state index contributed by atoms with van der Waals surface area (Å²) in [7, 11) is 0. The molecule has 0 aromatic rings. The normalized spacial score (nSPS) is 21.6. The van der Waals surface area contributed by atoms with E-state index in [0.29, 0.717) is 5.41 Å². The Labute approximate surface area is 107 Å². The third-order valence-corrected chi connectivity index (χ3v) is 3.47. The standard InChI is InChI=1S/C12H21ClN2O2/c1-8(13)10(16)15-11(17)14-9-4-6-12(2,3)7-5-9/h8-9H,4-7H2,1-3H3,(H2,14,15,16,17). The van der Waals surface area contributed by atoms with Gasteiger partial charge in [0.15, 0.2) is 0 Å². The second kappa shape index (κ2) is 5.71. The number of amides is 3. The van der Waals surface area contributed by atoms with E-state index in [2.05, 4.69) is 24.5 Å². The fourth-order valence-corrected chi connectivity index (χ4v) is 2.03. The van der Waals surface area contributed by atoms with Crippen molar-refractivity contribution in [2.24, 2.45) is 5.41 Å². The van der Waals surface area contributed by atoms with Gasteiger partial charge < -0.3 is 5.32 Å². The minimum Gasteiger partial charge on any atom is -0.335 e. The summed E-state index contributed by atoms with van der Waals surface area (Å²) in [5.74, 6) is -0.458. The van der Waals surface area contributed by atoms with Crippen LogP contribution in [0, 0.1) is 5.41 Å². The van der Waals surface area contributed by atoms with Gasteiger partial charge >= 0.3 is 6.03 Å². The van der Waals surface area contributed by atoms with Gasteiger partial charge in [0.25, 0.3) is 0 Å². The number of carbonyl (C=O) groups excluding carboxylic acids is 2. The smallest absolute Gasteiger partial charge is 0.321 e. The molecule has 3 amide bonds. The van der Waals surface area contributed by atoms with Crippen LogP contribution in [0.4, 0.5) is 4.79 Å². The Balaban J connectivity index is 2.31. The predicted octanol–water partition coefficient (Wildman–Crippen LogP) is 2.41. The molecule has 0 aromatic carbocycles. The molecule has 0 spiro atoms. The third-order valence-electron chi connectivity index (χ3n) is 3.27. The minimum absolute atomic E-state index is 0.168. The van der Waals surface area contributed by atoms with Crippen LogP contribution in [-0.2, 0) is 4.79 Å². The molecule has 0 heterocycles. The van der Waals surface area contributed by atoms with E-state index in [1.807, 2.05) is 0 Å². The van der Waals surface area contributed by atoms with E-state index in [4.69, 9.17) is 11.6 Å². The van der Waals surface area contributed by atoms with E-state index in [0.717, 1.165) is 25.7 Å². The van der Waals surface area contributed by atoms with Crippen molar-refractivity contribution in [2.75, 3.05) is 0 Å². The molecule has 17 heavy (non-hydrogen) atoms. The molecule has 0 radical (unpaired) electrons. The van der Waals surface area contributed by atoms with Crippen LogP contribution in [0.1, 0.15) is 46.5 Å². The Hall–Kier alpha value is -0.770. The van der Waals surface area contributed by atoms with Crippen molar-refractivity contribution in [1.29, 1.82) is 0 Å². The molecule has 0 aliphatic heterocycles. The van der Waals surface area contributed by atoms with Gasteiger partial charge in [0.1, 0.15) is 5.38 Å². The number of urea groups is 1. The van der Waals surface area contributed by atoms with E-state index < -0.39 is 17.3 Å². The van der Waals surface area contributed by atoms with Crippen LogP contribution in [0.3, 0.4) is 0 Å². The number of carbonyl (C=O) groups is 2. The van der Waals surface area contributed by atoms with E-state index in [-0.39, 0.29) is 6.04 Å². The second-order valence-electron chi connectivity index (χ2n) is 5.52. The molecule has 98 valence electrons. The molecule has 2 N–H and O–H groups in total. The highest BCUT2D eigenvalue weighted by atomic mass is 35.5. The molecule has 1 fully saturated rings. The molecule has 1 rings (SSSR count). The average molecular weight is 261 g/mol. The van der Waals surface area contributed by atoms with Gasteiger partial charge in [0.05, 0.1) is 0 Å². The lowest BCUT2D eigenvalue weighted by Gasteiger charge is -2.34. The van der Waals surface area contributed by atoms with Crippen LogP contribution >= 0.6 is 11.6 Å². The van der Waals surface area contributed by atoms with Crippen LogP contribution in [0.5, 0.6) is 0 Å². The summed E-state index contributed by atoms with van der Waals surface area (Å²) in [5.41, 5.74) is 0.370. The summed E-state index contributed by atoms with van der Waals surface area (Å²) in [5, 5.41) is 4.35. The maximum atomic E-state index is 11.5. The SMILES string of the molecule is CC(Cl)C(=O)NC(=O)NC1CCC(C)(C)CC1. The summed E-state index contributed by atoms with van der Waals surface area (Å²) in [4.78, 5) is 22.7. The summed E-state index contributed by atoms with van der Waals surface area (Å²) < 4.78 is 0. The Bertz CT molecular complexity index is 293. The fraction of sp³-hybridized carbons (Fsp3) is 0.833. The number of hydrogen-bond acceptors (Lipinski definition) is 2. The Morgan fingerprint density at radius 2 is 1.82 bits per heavy atom. The zero-order chi connectivity index (χ0) is 13.1. The van der Waals surface area contributed by atoms with Crippen molar-refractivity contribution < 1.29 is 9.59 Å². The van der Waals surface area contributed by atoms with Gasteiger partial charge in [-0.1, -0.05) is 13.8 Å². The molecule has 1 aliphatic rings. The van der Waals surface area contributed by atoms with Crippen molar-refractivity contribution in [3.63, 3.8) is 0 Å². The first-order valence-electron chi connectivity index (χ1n) is 6.05. The van der Waals surface area contributed by atoms with Gasteiger partial charge in [0.2, 0.25) is 5.91 Å². The number of halogens is 1. The molecule has 0 bridgehead atoms. The van der Waals surface area contributed by atoms with E-state index >= 15 is 0 Å². The van der Waals surface area contributed by atoms with Crippen LogP contribution in [0.15, 0.2) is 0 Å². The largest absolute Gasteiger partial charge is 0.335 e. The van der Waals surface area contributed by atoms with Crippen LogP contribution in [0.2, 0.25) is 0 Å². The Morgan fingerprint density at radius 1 is 1.29 bits per heavy atom. The zero-order valence-electron chi connectivity index (χ0n) is 10.7. The van der Waals surface area contributed by atoms with Gasteiger partial charge in [-0.25, -0.2) is 4.79 Å². The van der Waals surface area contributed by atoms with Crippen LogP contribution in [0.25, 0.3) is 0 Å². The van der Waals surface area contributed by atoms with E-state index in [1.54, 1.807) is 0 Å². The Morgan fingerprint density at radius 3 is 2.29 bits per heavy atom. The predicted molar refractivity (Wildman–Crippen MR) is 68.0 cm³/mol. The first-order chi connectivity index (χ1) is 7.80. The lowest BCUT2D eigenvalue weighted by Crippen LogP contribution is -2.47. The number of alkyl halides is 1. The van der Waals surface area contributed by atoms with Gasteiger partial charge in [-0.05, 0) is 38.0 Å². The molecular weight excluding hydrogens is 240 g/mol. The molecule has 1 saturated carbocycles. The highest BCUT2D eigenvalue weighted by Crippen LogP contribution is 2.34. The minimum atomic E-state index is -0.689. The fourth-order valence-electron chi connectivity index (χ4n) is 1.98. The van der Waals surface area contributed by atoms with Crippen LogP contribution < -0.4 is 10.6 Å². The molecule has 1 atom stereocenters. The first-order valence-corrected chi connectivity index (χ1v) is 6.49. The van der Waals surface area contributed by atoms with E-state index in [1.165, 1.54) is 6.92 Å². The lowest BCUT2D eigenvalue weighted by molar-refractivity contribution is -0.119. The number of hydrogen-bond donors (Lipinski definition) is 2. The summed E-state index contributed by atoms with van der Waals surface area (Å²) in [6.07, 6.45) is 4.12. The molecule has 4 nitrogen and oxygen atoms in total. The number of imide groups is 1. The molecule has 1 aliphatic carbocycles. The average Bonchev–Trinajstić information content (AvgIpc) is 2.21. The summed E-state index contributed by atoms with van der Waals surface area (Å²) >= 11 is 5.56. The molecule has 0 saturated heterocycles. The number of nitrogens with one attached hydrogen (secondary N) is 2. The van der Waals surface area contributed by atoms with Gasteiger partial charge in [-0.15, -0.1) is 11.6 Å². The highest BCUT2D eigenvalue weighted by molar-refractivity contribution is 6.31. The maximum absolute atomic E-state index is 11.5. The molecule has 0 aromatic heterocycles. The van der Waals surface area contributed by atoms with Crippen molar-refractivity contribution in [2.45, 2.75) is 57.9 Å². The topological polar surface area (TPSA) is 58.2 Å². The molecule has 1 unspecified atom stereocenters. The molecule has 5 heteroatoms. The second-order valence-corrected chi connectivity index (χ2v) is 6.17. The van der Waals surface area contributed by atoms with Crippen molar-refractivity contribution >= 4 is 23.5 Å².